The quantitative estimate of drug-likeness (QED) is 0.250. The molecule has 0 saturated heterocycles. The number of allylic oxidation sites excluding steroid dienone is 1. The lowest BCUT2D eigenvalue weighted by Gasteiger charge is -2.09. The van der Waals surface area contributed by atoms with Gasteiger partial charge < -0.3 is 5.73 Å². The van der Waals surface area contributed by atoms with Gasteiger partial charge in [-0.2, -0.15) is 0 Å². The molecule has 0 aromatic heterocycles. The third-order valence-electron chi connectivity index (χ3n) is 3.84. The molecule has 0 aliphatic carbocycles. The summed E-state index contributed by atoms with van der Waals surface area (Å²) < 4.78 is 39.6. The largest absolute Gasteiger partial charge is 0.379 e. The number of nitro groups is 1. The van der Waals surface area contributed by atoms with Crippen LogP contribution in [0, 0.1) is 21.3 Å². The number of hydrogen-bond acceptors (Lipinski definition) is 6. The van der Waals surface area contributed by atoms with Gasteiger partial charge in [-0.05, 0) is 36.3 Å². The summed E-state index contributed by atoms with van der Waals surface area (Å²) >= 11 is 1.08. The van der Waals surface area contributed by atoms with Crippen molar-refractivity contribution in [2.24, 2.45) is 5.73 Å². The van der Waals surface area contributed by atoms with Crippen LogP contribution in [0.25, 0.3) is 5.57 Å². The summed E-state index contributed by atoms with van der Waals surface area (Å²) in [6.07, 6.45) is 1.69. The van der Waals surface area contributed by atoms with Gasteiger partial charge in [0.1, 0.15) is 10.7 Å². The predicted molar refractivity (Wildman–Crippen MR) is 119 cm³/mol. The van der Waals surface area contributed by atoms with E-state index in [-0.39, 0.29) is 32.6 Å². The van der Waals surface area contributed by atoms with Crippen molar-refractivity contribution in [3.05, 3.63) is 75.6 Å². The fraction of sp³-hybridized carbons (Fsp3) is 0.167. The Balaban J connectivity index is 0.00000420. The summed E-state index contributed by atoms with van der Waals surface area (Å²) in [6, 6.07) is 9.02. The van der Waals surface area contributed by atoms with Gasteiger partial charge in [0.25, 0.3) is 5.69 Å². The normalized spacial score (nSPS) is 11.6. The van der Waals surface area contributed by atoms with Crippen molar-refractivity contribution in [3.8, 4) is 0 Å². The summed E-state index contributed by atoms with van der Waals surface area (Å²) in [5, 5.41) is 18.2. The molecule has 0 aliphatic rings. The Bertz CT molecular complexity index is 1060. The molecule has 3 N–H and O–H groups in total. The van der Waals surface area contributed by atoms with Crippen LogP contribution < -0.4 is 5.73 Å². The number of rotatable bonds is 7. The first-order valence-corrected chi connectivity index (χ1v) is 10.6. The SMILES string of the molecule is Br.C/C(=C\CSC(=N)N)c1cc(CS(=O)(=O)c2ccccc2[N+](=O)[O-])ccc1F. The summed E-state index contributed by atoms with van der Waals surface area (Å²) in [5.74, 6) is -0.645. The summed E-state index contributed by atoms with van der Waals surface area (Å²) in [5.41, 5.74) is 5.85. The lowest BCUT2D eigenvalue weighted by Crippen LogP contribution is -2.08. The first-order valence-electron chi connectivity index (χ1n) is 8.00. The van der Waals surface area contributed by atoms with Crippen molar-refractivity contribution < 1.29 is 17.7 Å². The number of nitro benzene ring substituents is 1. The highest BCUT2D eigenvalue weighted by molar-refractivity contribution is 8.93. The van der Waals surface area contributed by atoms with Crippen molar-refractivity contribution in [2.45, 2.75) is 17.6 Å². The van der Waals surface area contributed by atoms with Crippen molar-refractivity contribution in [1.82, 2.24) is 0 Å². The Kier molecular flexibility index (Phi) is 8.99. The zero-order valence-electron chi connectivity index (χ0n) is 15.3. The molecule has 0 spiro atoms. The molecule has 0 bridgehead atoms. The molecule has 0 radical (unpaired) electrons. The van der Waals surface area contributed by atoms with Crippen molar-refractivity contribution in [1.29, 1.82) is 5.41 Å². The molecule has 0 unspecified atom stereocenters. The molecule has 2 rings (SSSR count). The summed E-state index contributed by atoms with van der Waals surface area (Å²) in [7, 11) is -4.00. The highest BCUT2D eigenvalue weighted by Gasteiger charge is 2.25. The van der Waals surface area contributed by atoms with Crippen LogP contribution in [-0.4, -0.2) is 24.3 Å². The number of benzene rings is 2. The number of nitrogens with two attached hydrogens (primary N) is 1. The molecule has 0 amide bonds. The minimum atomic E-state index is -4.00. The van der Waals surface area contributed by atoms with E-state index < -0.39 is 32.0 Å². The van der Waals surface area contributed by atoms with Gasteiger partial charge in [-0.3, -0.25) is 15.5 Å². The minimum absolute atomic E-state index is 0. The van der Waals surface area contributed by atoms with E-state index in [1.54, 1.807) is 13.0 Å². The molecular weight excluding hydrogens is 485 g/mol. The number of nitrogens with one attached hydrogen (secondary N) is 1. The van der Waals surface area contributed by atoms with E-state index in [1.807, 2.05) is 0 Å². The van der Waals surface area contributed by atoms with Gasteiger partial charge in [0.05, 0.1) is 10.7 Å². The molecule has 29 heavy (non-hydrogen) atoms. The van der Waals surface area contributed by atoms with E-state index in [0.29, 0.717) is 16.9 Å². The molecule has 2 aromatic carbocycles. The number of para-hydroxylation sites is 1. The van der Waals surface area contributed by atoms with Crippen molar-refractivity contribution in [2.75, 3.05) is 5.75 Å². The van der Waals surface area contributed by atoms with Crippen LogP contribution in [0.2, 0.25) is 0 Å². The van der Waals surface area contributed by atoms with E-state index in [4.69, 9.17) is 11.1 Å². The second-order valence-corrected chi connectivity index (χ2v) is 8.88. The predicted octanol–water partition coefficient (Wildman–Crippen LogP) is 4.32. The number of nitrogens with zero attached hydrogens (tertiary/aromatic N) is 1. The number of sulfone groups is 1. The van der Waals surface area contributed by atoms with Crippen LogP contribution in [-0.2, 0) is 15.6 Å². The molecule has 0 heterocycles. The van der Waals surface area contributed by atoms with Gasteiger partial charge >= 0.3 is 0 Å². The molecule has 2 aromatic rings. The van der Waals surface area contributed by atoms with Gasteiger partial charge in [0, 0.05) is 17.4 Å². The standard InChI is InChI=1S/C18H18FN3O4S2.BrH/c1-12(8-9-27-18(20)21)14-10-13(6-7-15(14)19)11-28(25,26)17-5-3-2-4-16(17)22(23)24;/h2-8,10H,9,11H2,1H3,(H3,20,21);1H/b12-8+;. The third-order valence-corrected chi connectivity index (χ3v) is 6.21. The second-order valence-electron chi connectivity index (χ2n) is 5.86. The number of hydrogen-bond donors (Lipinski definition) is 2. The zero-order chi connectivity index (χ0) is 20.9. The lowest BCUT2D eigenvalue weighted by atomic mass is 10.0. The van der Waals surface area contributed by atoms with Gasteiger partial charge in [0.2, 0.25) is 0 Å². The molecule has 0 saturated carbocycles. The van der Waals surface area contributed by atoms with Gasteiger partial charge in [-0.15, -0.1) is 17.0 Å². The van der Waals surface area contributed by atoms with Crippen LogP contribution >= 0.6 is 28.7 Å². The molecule has 0 atom stereocenters. The van der Waals surface area contributed by atoms with E-state index in [0.717, 1.165) is 23.9 Å². The molecule has 7 nitrogen and oxygen atoms in total. The van der Waals surface area contributed by atoms with Gasteiger partial charge in [-0.25, -0.2) is 12.8 Å². The second kappa shape index (κ2) is 10.5. The van der Waals surface area contributed by atoms with E-state index in [9.17, 15) is 22.9 Å². The average molecular weight is 504 g/mol. The first kappa shape index (κ1) is 24.8. The Morgan fingerprint density at radius 1 is 1.31 bits per heavy atom. The topological polar surface area (TPSA) is 127 Å². The highest BCUT2D eigenvalue weighted by Crippen LogP contribution is 2.28. The highest BCUT2D eigenvalue weighted by atomic mass is 79.9. The summed E-state index contributed by atoms with van der Waals surface area (Å²) in [4.78, 5) is 9.99. The molecule has 156 valence electrons. The maximum Gasteiger partial charge on any atom is 0.287 e. The van der Waals surface area contributed by atoms with E-state index >= 15 is 0 Å². The van der Waals surface area contributed by atoms with Crippen LogP contribution in [0.15, 0.2) is 53.4 Å². The van der Waals surface area contributed by atoms with Gasteiger partial charge in [0.15, 0.2) is 15.0 Å². The number of halogens is 2. The van der Waals surface area contributed by atoms with Gasteiger partial charge in [-0.1, -0.05) is 36.0 Å². The minimum Gasteiger partial charge on any atom is -0.379 e. The molecule has 0 aliphatic heterocycles. The zero-order valence-corrected chi connectivity index (χ0v) is 18.6. The number of thioether (sulfide) groups is 1. The third kappa shape index (κ3) is 6.65. The van der Waals surface area contributed by atoms with Crippen LogP contribution in [0.5, 0.6) is 0 Å². The molecule has 0 fully saturated rings. The maximum absolute atomic E-state index is 14.2. The van der Waals surface area contributed by atoms with Crippen molar-refractivity contribution in [3.63, 3.8) is 0 Å². The van der Waals surface area contributed by atoms with E-state index in [1.165, 1.54) is 30.3 Å². The summed E-state index contributed by atoms with van der Waals surface area (Å²) in [6.45, 7) is 1.67. The van der Waals surface area contributed by atoms with Crippen LogP contribution in [0.1, 0.15) is 18.1 Å². The lowest BCUT2D eigenvalue weighted by molar-refractivity contribution is -0.387. The molecular formula is C18H19BrFN3O4S2. The maximum atomic E-state index is 14.2. The fourth-order valence-corrected chi connectivity index (χ4v) is 4.53. The molecule has 11 heteroatoms. The smallest absolute Gasteiger partial charge is 0.287 e. The Hall–Kier alpha value is -2.24. The Morgan fingerprint density at radius 3 is 2.59 bits per heavy atom. The monoisotopic (exact) mass is 503 g/mol. The Labute approximate surface area is 182 Å². The fourth-order valence-electron chi connectivity index (χ4n) is 2.50. The first-order chi connectivity index (χ1) is 13.1. The van der Waals surface area contributed by atoms with E-state index in [2.05, 4.69) is 0 Å². The Morgan fingerprint density at radius 2 is 1.97 bits per heavy atom. The van der Waals surface area contributed by atoms with Crippen LogP contribution in [0.4, 0.5) is 10.1 Å². The van der Waals surface area contributed by atoms with Crippen LogP contribution in [0.3, 0.4) is 0 Å². The van der Waals surface area contributed by atoms with Crippen molar-refractivity contribution >= 4 is 55.0 Å². The average Bonchev–Trinajstić information content (AvgIpc) is 2.62. The number of amidine groups is 1.